The molecule has 8 nitrogen and oxygen atoms in total. The Morgan fingerprint density at radius 2 is 2.17 bits per heavy atom. The van der Waals surface area contributed by atoms with Crippen LogP contribution in [-0.2, 0) is 21.2 Å². The maximum atomic E-state index is 12.3. The molecule has 2 aliphatic heterocycles. The molecule has 2 aliphatic rings. The molecule has 1 atom stereocenters. The molecule has 0 aliphatic carbocycles. The molecule has 4 rings (SSSR count). The minimum atomic E-state index is -3.26. The van der Waals surface area contributed by atoms with E-state index in [1.165, 1.54) is 6.08 Å². The van der Waals surface area contributed by atoms with E-state index < -0.39 is 21.8 Å². The molecule has 1 aromatic heterocycles. The van der Waals surface area contributed by atoms with Crippen LogP contribution in [0.4, 0.5) is 5.69 Å². The largest absolute Gasteiger partial charge is 0.493 e. The Morgan fingerprint density at radius 3 is 2.93 bits per heavy atom. The smallest absolute Gasteiger partial charge is 0.310 e. The average Bonchev–Trinajstić information content (AvgIpc) is 3.31. The van der Waals surface area contributed by atoms with Gasteiger partial charge in [0.25, 0.3) is 0 Å². The monoisotopic (exact) mass is 431 g/mol. The zero-order valence-electron chi connectivity index (χ0n) is 15.1. The van der Waals surface area contributed by atoms with Gasteiger partial charge in [-0.2, -0.15) is 0 Å². The van der Waals surface area contributed by atoms with E-state index in [2.05, 4.69) is 10.3 Å². The van der Waals surface area contributed by atoms with Crippen molar-refractivity contribution in [3.63, 3.8) is 0 Å². The fourth-order valence-corrected chi connectivity index (χ4v) is 5.26. The third kappa shape index (κ3) is 4.08. The molecule has 0 saturated carbocycles. The second kappa shape index (κ2) is 7.45. The van der Waals surface area contributed by atoms with Gasteiger partial charge in [-0.3, -0.25) is 19.1 Å². The number of hydrogen-bond donors (Lipinski definition) is 2. The van der Waals surface area contributed by atoms with E-state index in [1.807, 2.05) is 24.3 Å². The highest BCUT2D eigenvalue weighted by Gasteiger charge is 2.23. The predicted molar refractivity (Wildman–Crippen MR) is 112 cm³/mol. The Morgan fingerprint density at radius 1 is 1.38 bits per heavy atom. The second-order valence-corrected chi connectivity index (χ2v) is 9.59. The molecule has 0 bridgehead atoms. The molecule has 0 radical (unpaired) electrons. The van der Waals surface area contributed by atoms with Gasteiger partial charge in [0.1, 0.15) is 0 Å². The van der Waals surface area contributed by atoms with E-state index in [-0.39, 0.29) is 29.5 Å². The number of para-hydroxylation sites is 1. The van der Waals surface area contributed by atoms with Gasteiger partial charge in [-0.05, 0) is 18.2 Å². The van der Waals surface area contributed by atoms with Crippen molar-refractivity contribution in [1.29, 1.82) is 0 Å². The summed E-state index contributed by atoms with van der Waals surface area (Å²) in [4.78, 5) is 28.6. The van der Waals surface area contributed by atoms with E-state index >= 15 is 0 Å². The van der Waals surface area contributed by atoms with Crippen LogP contribution in [-0.4, -0.2) is 42.0 Å². The topological polar surface area (TPSA) is 118 Å². The average molecular weight is 431 g/mol. The van der Waals surface area contributed by atoms with Crippen LogP contribution in [0, 0.1) is 0 Å². The van der Waals surface area contributed by atoms with Crippen molar-refractivity contribution in [2.75, 3.05) is 5.75 Å². The van der Waals surface area contributed by atoms with Crippen LogP contribution in [0.3, 0.4) is 0 Å². The lowest BCUT2D eigenvalue weighted by atomic mass is 10.1. The summed E-state index contributed by atoms with van der Waals surface area (Å²) in [6, 6.07) is 6.99. The number of aromatic nitrogens is 1. The van der Waals surface area contributed by atoms with Crippen LogP contribution in [0.1, 0.15) is 16.9 Å². The zero-order chi connectivity index (χ0) is 20.6. The molecular weight excluding hydrogens is 414 g/mol. The lowest BCUT2D eigenvalue weighted by Gasteiger charge is -2.10. The van der Waals surface area contributed by atoms with E-state index in [1.54, 1.807) is 12.3 Å². The van der Waals surface area contributed by atoms with Gasteiger partial charge in [0.05, 0.1) is 22.4 Å². The first kappa shape index (κ1) is 19.3. The van der Waals surface area contributed by atoms with Gasteiger partial charge in [0.2, 0.25) is 11.8 Å². The molecule has 2 aromatic rings. The minimum absolute atomic E-state index is 0.00989. The summed E-state index contributed by atoms with van der Waals surface area (Å²) in [7, 11) is -3.26. The summed E-state index contributed by atoms with van der Waals surface area (Å²) >= 11 is 0.884. The highest BCUT2D eigenvalue weighted by atomic mass is 32.2. The maximum Gasteiger partial charge on any atom is 0.310 e. The van der Waals surface area contributed by atoms with Crippen LogP contribution in [0.15, 0.2) is 45.5 Å². The Bertz CT molecular complexity index is 1230. The maximum absolute atomic E-state index is 12.3. The number of carbonyl (C=O) groups excluding carboxylic acids is 1. The van der Waals surface area contributed by atoms with Crippen LogP contribution in [0.5, 0.6) is 5.88 Å². The number of sulfone groups is 1. The Hall–Kier alpha value is -2.98. The Balaban J connectivity index is 1.45. The van der Waals surface area contributed by atoms with Crippen LogP contribution < -0.4 is 10.2 Å². The van der Waals surface area contributed by atoms with E-state index in [9.17, 15) is 23.1 Å². The Kier molecular flexibility index (Phi) is 4.97. The molecule has 1 amide bonds. The summed E-state index contributed by atoms with van der Waals surface area (Å²) in [5.41, 5.74) is 2.53. The number of carbonyl (C=O) groups is 1. The van der Waals surface area contributed by atoms with Crippen LogP contribution >= 0.6 is 11.3 Å². The minimum Gasteiger partial charge on any atom is -0.493 e. The van der Waals surface area contributed by atoms with Crippen molar-refractivity contribution in [3.05, 3.63) is 55.9 Å². The fraction of sp³-hybridized carbons (Fsp3) is 0.211. The number of benzene rings is 1. The first-order valence-corrected chi connectivity index (χ1v) is 11.3. The summed E-state index contributed by atoms with van der Waals surface area (Å²) in [6.45, 7) is -0.00989. The highest BCUT2D eigenvalue weighted by Crippen LogP contribution is 2.34. The van der Waals surface area contributed by atoms with Gasteiger partial charge in [0.15, 0.2) is 9.84 Å². The lowest BCUT2D eigenvalue weighted by Crippen LogP contribution is -2.36. The molecule has 3 heterocycles. The van der Waals surface area contributed by atoms with Gasteiger partial charge in [-0.1, -0.05) is 29.5 Å². The van der Waals surface area contributed by atoms with Crippen molar-refractivity contribution >= 4 is 50.6 Å². The third-order valence-corrected chi connectivity index (χ3v) is 6.89. The summed E-state index contributed by atoms with van der Waals surface area (Å²) in [5, 5.41) is 14.1. The molecule has 1 aromatic carbocycles. The molecular formula is C19H17N3O5S2. The number of thiazole rings is 1. The number of aromatic hydroxyl groups is 1. The normalized spacial score (nSPS) is 20.3. The number of fused-ring (bicyclic) bond motifs is 1. The molecule has 0 spiro atoms. The Labute approximate surface area is 170 Å². The van der Waals surface area contributed by atoms with Gasteiger partial charge < -0.3 is 10.4 Å². The number of hydrogen-bond acceptors (Lipinski definition) is 7. The standard InChI is InChI=1S/C19H17N3O5S2/c23-17(21-13-6-8-29(26,27)11-13)5-7-22-18(24)16(28-19(22)25)9-12-10-20-15-4-2-1-3-14(12)15/h1-4,6,8-10,13,24H,5,7,11H2,(H,21,23). The first-order valence-electron chi connectivity index (χ1n) is 8.80. The van der Waals surface area contributed by atoms with Gasteiger partial charge in [-0.15, -0.1) is 0 Å². The summed E-state index contributed by atoms with van der Waals surface area (Å²) in [6.07, 6.45) is 4.73. The number of nitrogens with zero attached hydrogens (tertiary/aromatic N) is 2. The summed E-state index contributed by atoms with van der Waals surface area (Å²) in [5.74, 6) is -0.768. The number of allylic oxidation sites excluding steroid dienone is 1. The quantitative estimate of drug-likeness (QED) is 0.747. The predicted octanol–water partition coefficient (Wildman–Crippen LogP) is 1.69. The zero-order valence-corrected chi connectivity index (χ0v) is 16.7. The van der Waals surface area contributed by atoms with Crippen molar-refractivity contribution in [1.82, 2.24) is 9.88 Å². The molecule has 0 saturated heterocycles. The van der Waals surface area contributed by atoms with Gasteiger partial charge in [-0.25, -0.2) is 8.42 Å². The summed E-state index contributed by atoms with van der Waals surface area (Å²) < 4.78 is 23.9. The van der Waals surface area contributed by atoms with Crippen molar-refractivity contribution in [2.45, 2.75) is 19.0 Å². The van der Waals surface area contributed by atoms with Crippen molar-refractivity contribution in [3.8, 4) is 5.88 Å². The fourth-order valence-electron chi connectivity index (χ4n) is 3.16. The first-order chi connectivity index (χ1) is 13.8. The molecule has 150 valence electrons. The van der Waals surface area contributed by atoms with Gasteiger partial charge >= 0.3 is 4.87 Å². The third-order valence-electron chi connectivity index (χ3n) is 4.58. The van der Waals surface area contributed by atoms with Crippen molar-refractivity contribution in [2.24, 2.45) is 4.99 Å². The molecule has 1 unspecified atom stereocenters. The molecule has 2 N–H and O–H groups in total. The number of amides is 1. The number of rotatable bonds is 5. The molecule has 29 heavy (non-hydrogen) atoms. The van der Waals surface area contributed by atoms with E-state index in [0.29, 0.717) is 4.88 Å². The molecule has 10 heteroatoms. The van der Waals surface area contributed by atoms with Gasteiger partial charge in [0, 0.05) is 35.7 Å². The SMILES string of the molecule is O=C(CCn1c(O)c(C=C2C=Nc3ccccc32)sc1=O)NC1C=CS(=O)(=O)C1. The number of aliphatic imine (C=N–C) groups is 1. The van der Waals surface area contributed by atoms with E-state index in [4.69, 9.17) is 0 Å². The highest BCUT2D eigenvalue weighted by molar-refractivity contribution is 7.94. The van der Waals surface area contributed by atoms with Crippen LogP contribution in [0.25, 0.3) is 11.6 Å². The van der Waals surface area contributed by atoms with Crippen molar-refractivity contribution < 1.29 is 18.3 Å². The van der Waals surface area contributed by atoms with E-state index in [0.717, 1.165) is 38.1 Å². The lowest BCUT2D eigenvalue weighted by molar-refractivity contribution is -0.121. The molecule has 0 fully saturated rings. The number of nitrogens with one attached hydrogen (secondary N) is 1. The van der Waals surface area contributed by atoms with Crippen LogP contribution in [0.2, 0.25) is 0 Å². The second-order valence-electron chi connectivity index (χ2n) is 6.66.